The van der Waals surface area contributed by atoms with Crippen molar-refractivity contribution in [3.05, 3.63) is 63.9 Å². The minimum Gasteiger partial charge on any atom is -0.467 e. The summed E-state index contributed by atoms with van der Waals surface area (Å²) in [6.07, 6.45) is 1.60. The number of rotatable bonds is 6. The largest absolute Gasteiger partial charge is 0.467 e. The number of aliphatic hydroxyl groups is 1. The Morgan fingerprint density at radius 3 is 2.77 bits per heavy atom. The Hall–Kier alpha value is -2.74. The van der Waals surface area contributed by atoms with Gasteiger partial charge in [0, 0.05) is 12.7 Å². The van der Waals surface area contributed by atoms with E-state index in [9.17, 15) is 19.3 Å². The summed E-state index contributed by atoms with van der Waals surface area (Å²) in [6.45, 7) is -0.200. The van der Waals surface area contributed by atoms with Crippen LogP contribution in [0.2, 0.25) is 0 Å². The van der Waals surface area contributed by atoms with Crippen LogP contribution in [0.25, 0.3) is 0 Å². The Balaban J connectivity index is 2.18. The molecule has 1 amide bonds. The van der Waals surface area contributed by atoms with Gasteiger partial charge in [-0.3, -0.25) is 14.9 Å². The van der Waals surface area contributed by atoms with Crippen LogP contribution in [0.3, 0.4) is 0 Å². The maximum Gasteiger partial charge on any atom is 0.272 e. The second-order valence-electron chi connectivity index (χ2n) is 4.48. The van der Waals surface area contributed by atoms with Crippen LogP contribution in [0.1, 0.15) is 28.6 Å². The van der Waals surface area contributed by atoms with Gasteiger partial charge in [-0.15, -0.1) is 0 Å². The molecule has 2 rings (SSSR count). The second kappa shape index (κ2) is 6.81. The molecule has 0 saturated carbocycles. The van der Waals surface area contributed by atoms with Crippen LogP contribution in [0, 0.1) is 15.9 Å². The molecule has 0 radical (unpaired) electrons. The van der Waals surface area contributed by atoms with Crippen LogP contribution in [0.4, 0.5) is 10.1 Å². The predicted octanol–water partition coefficient (Wildman–Crippen LogP) is 2.18. The molecule has 22 heavy (non-hydrogen) atoms. The molecule has 1 heterocycles. The molecule has 7 nitrogen and oxygen atoms in total. The first-order valence-electron chi connectivity index (χ1n) is 6.42. The van der Waals surface area contributed by atoms with Crippen LogP contribution in [-0.2, 0) is 0 Å². The van der Waals surface area contributed by atoms with E-state index in [1.54, 1.807) is 12.1 Å². The Morgan fingerprint density at radius 1 is 1.45 bits per heavy atom. The lowest BCUT2D eigenvalue weighted by Crippen LogP contribution is -2.29. The minimum absolute atomic E-state index is 0.188. The standard InChI is InChI=1S/C14H13FN2O5/c15-11-8-9(17(20)21)3-4-10(11)14(19)16-12(5-6-18)13-2-1-7-22-13/h1-4,7-8,12,18H,5-6H2,(H,16,19)/t12-/m0/s1. The third kappa shape index (κ3) is 3.47. The van der Waals surface area contributed by atoms with Crippen LogP contribution in [0.15, 0.2) is 41.0 Å². The number of carbonyl (C=O) groups is 1. The van der Waals surface area contributed by atoms with Crippen molar-refractivity contribution in [3.8, 4) is 0 Å². The number of halogens is 1. The van der Waals surface area contributed by atoms with E-state index in [2.05, 4.69) is 5.32 Å². The maximum absolute atomic E-state index is 13.8. The summed E-state index contributed by atoms with van der Waals surface area (Å²) in [5.41, 5.74) is -0.757. The molecule has 2 aromatic rings. The van der Waals surface area contributed by atoms with E-state index in [0.717, 1.165) is 12.1 Å². The fourth-order valence-corrected chi connectivity index (χ4v) is 1.94. The highest BCUT2D eigenvalue weighted by Crippen LogP contribution is 2.20. The number of nitro groups is 1. The fraction of sp³-hybridized carbons (Fsp3) is 0.214. The Morgan fingerprint density at radius 2 is 2.23 bits per heavy atom. The van der Waals surface area contributed by atoms with Gasteiger partial charge < -0.3 is 14.8 Å². The van der Waals surface area contributed by atoms with Crippen LogP contribution >= 0.6 is 0 Å². The summed E-state index contributed by atoms with van der Waals surface area (Å²) < 4.78 is 19.0. The van der Waals surface area contributed by atoms with Crippen LogP contribution < -0.4 is 5.32 Å². The molecule has 1 atom stereocenters. The van der Waals surface area contributed by atoms with Gasteiger partial charge in [0.05, 0.1) is 28.9 Å². The van der Waals surface area contributed by atoms with Gasteiger partial charge in [0.1, 0.15) is 11.6 Å². The number of nitrogens with zero attached hydrogens (tertiary/aromatic N) is 1. The number of nitrogens with one attached hydrogen (secondary N) is 1. The Bertz CT molecular complexity index is 672. The molecule has 0 aliphatic heterocycles. The summed E-state index contributed by atoms with van der Waals surface area (Å²) in [7, 11) is 0. The van der Waals surface area contributed by atoms with E-state index < -0.39 is 28.4 Å². The molecule has 1 aromatic heterocycles. The van der Waals surface area contributed by atoms with E-state index in [0.29, 0.717) is 11.8 Å². The second-order valence-corrected chi connectivity index (χ2v) is 4.48. The number of carbonyl (C=O) groups excluding carboxylic acids is 1. The normalized spacial score (nSPS) is 11.9. The van der Waals surface area contributed by atoms with Gasteiger partial charge in [0.25, 0.3) is 11.6 Å². The molecule has 8 heteroatoms. The molecule has 0 spiro atoms. The summed E-state index contributed by atoms with van der Waals surface area (Å²) in [5.74, 6) is -1.32. The fourth-order valence-electron chi connectivity index (χ4n) is 1.94. The molecular formula is C14H13FN2O5. The highest BCUT2D eigenvalue weighted by molar-refractivity contribution is 5.94. The average Bonchev–Trinajstić information content (AvgIpc) is 3.00. The number of benzene rings is 1. The Kier molecular flexibility index (Phi) is 4.84. The lowest BCUT2D eigenvalue weighted by molar-refractivity contribution is -0.385. The van der Waals surface area contributed by atoms with Crippen molar-refractivity contribution in [2.24, 2.45) is 0 Å². The van der Waals surface area contributed by atoms with Gasteiger partial charge in [-0.25, -0.2) is 4.39 Å². The van der Waals surface area contributed by atoms with Crippen molar-refractivity contribution in [1.29, 1.82) is 0 Å². The van der Waals surface area contributed by atoms with E-state index in [1.165, 1.54) is 6.26 Å². The van der Waals surface area contributed by atoms with Crippen molar-refractivity contribution in [1.82, 2.24) is 5.32 Å². The molecule has 1 aromatic carbocycles. The van der Waals surface area contributed by atoms with Crippen molar-refractivity contribution in [3.63, 3.8) is 0 Å². The molecule has 0 bridgehead atoms. The molecular weight excluding hydrogens is 295 g/mol. The third-order valence-electron chi connectivity index (χ3n) is 3.02. The number of amides is 1. The molecule has 0 unspecified atom stereocenters. The number of hydrogen-bond acceptors (Lipinski definition) is 5. The topological polar surface area (TPSA) is 106 Å². The Labute approximate surface area is 124 Å². The minimum atomic E-state index is -0.992. The number of furan rings is 1. The smallest absolute Gasteiger partial charge is 0.272 e. The van der Waals surface area contributed by atoms with Crippen LogP contribution in [-0.4, -0.2) is 22.5 Å². The third-order valence-corrected chi connectivity index (χ3v) is 3.02. The van der Waals surface area contributed by atoms with Crippen LogP contribution in [0.5, 0.6) is 0 Å². The predicted molar refractivity (Wildman–Crippen MR) is 73.7 cm³/mol. The van der Waals surface area contributed by atoms with Gasteiger partial charge in [-0.1, -0.05) is 0 Å². The number of nitro benzene ring substituents is 1. The van der Waals surface area contributed by atoms with Crippen molar-refractivity contribution in [2.75, 3.05) is 6.61 Å². The number of non-ortho nitro benzene ring substituents is 1. The zero-order valence-electron chi connectivity index (χ0n) is 11.4. The first-order chi connectivity index (χ1) is 10.5. The van der Waals surface area contributed by atoms with E-state index in [-0.39, 0.29) is 18.6 Å². The lowest BCUT2D eigenvalue weighted by Gasteiger charge is -2.15. The summed E-state index contributed by atoms with van der Waals surface area (Å²) in [5, 5.41) is 22.1. The molecule has 0 fully saturated rings. The molecule has 0 saturated heterocycles. The van der Waals surface area contributed by atoms with Gasteiger partial charge in [0.2, 0.25) is 0 Å². The number of hydrogen-bond donors (Lipinski definition) is 2. The zero-order valence-corrected chi connectivity index (χ0v) is 11.4. The molecule has 0 aliphatic carbocycles. The van der Waals surface area contributed by atoms with E-state index in [4.69, 9.17) is 9.52 Å². The highest BCUT2D eigenvalue weighted by Gasteiger charge is 2.21. The van der Waals surface area contributed by atoms with Crippen molar-refractivity contribution >= 4 is 11.6 Å². The van der Waals surface area contributed by atoms with Gasteiger partial charge in [0.15, 0.2) is 0 Å². The number of aliphatic hydroxyl groups excluding tert-OH is 1. The summed E-state index contributed by atoms with van der Waals surface area (Å²) >= 11 is 0. The lowest BCUT2D eigenvalue weighted by atomic mass is 10.1. The van der Waals surface area contributed by atoms with Gasteiger partial charge >= 0.3 is 0 Å². The van der Waals surface area contributed by atoms with E-state index in [1.807, 2.05) is 0 Å². The zero-order chi connectivity index (χ0) is 16.1. The maximum atomic E-state index is 13.8. The van der Waals surface area contributed by atoms with Gasteiger partial charge in [-0.05, 0) is 24.6 Å². The van der Waals surface area contributed by atoms with Gasteiger partial charge in [-0.2, -0.15) is 0 Å². The highest BCUT2D eigenvalue weighted by atomic mass is 19.1. The average molecular weight is 308 g/mol. The molecule has 116 valence electrons. The summed E-state index contributed by atoms with van der Waals surface area (Å²) in [4.78, 5) is 21.9. The molecule has 2 N–H and O–H groups in total. The van der Waals surface area contributed by atoms with Crippen molar-refractivity contribution < 1.29 is 23.6 Å². The van der Waals surface area contributed by atoms with E-state index >= 15 is 0 Å². The molecule has 0 aliphatic rings. The summed E-state index contributed by atoms with van der Waals surface area (Å²) in [6, 6.07) is 5.39. The monoisotopic (exact) mass is 308 g/mol. The van der Waals surface area contributed by atoms with Crippen molar-refractivity contribution in [2.45, 2.75) is 12.5 Å². The first kappa shape index (κ1) is 15.6. The SMILES string of the molecule is O=C(N[C@@H](CCO)c1ccco1)c1ccc([N+](=O)[O-])cc1F. The quantitative estimate of drug-likeness (QED) is 0.628. The first-order valence-corrected chi connectivity index (χ1v) is 6.42.